The Kier molecular flexibility index (Phi) is 6.87. The van der Waals surface area contributed by atoms with Crippen LogP contribution in [0.5, 0.6) is 0 Å². The molecule has 0 amide bonds. The minimum atomic E-state index is -0.667. The lowest BCUT2D eigenvalue weighted by atomic mass is 9.96. The summed E-state index contributed by atoms with van der Waals surface area (Å²) in [6, 6.07) is 10.3. The molecule has 1 N–H and O–H groups in total. The topological polar surface area (TPSA) is 81.5 Å². The molecule has 0 radical (unpaired) electrons. The number of likely N-dealkylation sites (N-methyl/N-ethyl adjacent to an activating group) is 1. The van der Waals surface area contributed by atoms with Crippen LogP contribution in [0.2, 0.25) is 5.02 Å². The van der Waals surface area contributed by atoms with Gasteiger partial charge in [0.1, 0.15) is 5.76 Å². The van der Waals surface area contributed by atoms with Crippen LogP contribution in [0.1, 0.15) is 31.2 Å². The van der Waals surface area contributed by atoms with E-state index >= 15 is 0 Å². The fourth-order valence-electron chi connectivity index (χ4n) is 4.58. The summed E-state index contributed by atoms with van der Waals surface area (Å²) >= 11 is 7.38. The SMILES string of the molecule is CCOC(=O)C1=C(C)N=c2s/c(=C/c3ccc(N4CC[NH+](C)CC4)o3)c(=O)n2[C@H]1c1ccc(Cl)cc1. The quantitative estimate of drug-likeness (QED) is 0.507. The number of thiazole rings is 1. The number of anilines is 1. The number of hydrogen-bond donors (Lipinski definition) is 1. The third kappa shape index (κ3) is 4.66. The van der Waals surface area contributed by atoms with E-state index < -0.39 is 12.0 Å². The molecule has 8 nitrogen and oxygen atoms in total. The number of furan rings is 1. The Hall–Kier alpha value is -3.14. The van der Waals surface area contributed by atoms with Crippen LogP contribution in [-0.2, 0) is 9.53 Å². The number of halogens is 1. The molecule has 2 aliphatic rings. The van der Waals surface area contributed by atoms with Gasteiger partial charge in [0, 0.05) is 17.2 Å². The van der Waals surface area contributed by atoms with Crippen LogP contribution in [0.4, 0.5) is 5.88 Å². The summed E-state index contributed by atoms with van der Waals surface area (Å²) in [5.74, 6) is 0.921. The van der Waals surface area contributed by atoms with E-state index in [0.717, 1.165) is 37.6 Å². The van der Waals surface area contributed by atoms with Gasteiger partial charge in [0.05, 0.1) is 61.7 Å². The summed E-state index contributed by atoms with van der Waals surface area (Å²) in [6.45, 7) is 7.71. The highest BCUT2D eigenvalue weighted by atomic mass is 35.5. The highest BCUT2D eigenvalue weighted by Crippen LogP contribution is 2.31. The highest BCUT2D eigenvalue weighted by molar-refractivity contribution is 7.07. The molecule has 36 heavy (non-hydrogen) atoms. The first-order valence-electron chi connectivity index (χ1n) is 12.0. The monoisotopic (exact) mass is 527 g/mol. The first kappa shape index (κ1) is 24.5. The summed E-state index contributed by atoms with van der Waals surface area (Å²) in [5.41, 5.74) is 1.38. The summed E-state index contributed by atoms with van der Waals surface area (Å²) in [4.78, 5) is 35.5. The number of nitrogens with zero attached hydrogens (tertiary/aromatic N) is 3. The zero-order valence-corrected chi connectivity index (χ0v) is 22.0. The molecule has 1 aromatic carbocycles. The van der Waals surface area contributed by atoms with Crippen LogP contribution in [-0.4, -0.2) is 50.4 Å². The summed E-state index contributed by atoms with van der Waals surface area (Å²) in [7, 11) is 2.19. The molecule has 0 saturated carbocycles. The summed E-state index contributed by atoms with van der Waals surface area (Å²) < 4.78 is 13.4. The van der Waals surface area contributed by atoms with E-state index in [1.165, 1.54) is 16.2 Å². The number of benzene rings is 1. The number of carbonyl (C=O) groups excluding carboxylic acids is 1. The number of rotatable bonds is 5. The Morgan fingerprint density at radius 1 is 1.25 bits per heavy atom. The molecule has 0 aliphatic carbocycles. The molecule has 2 aromatic heterocycles. The molecule has 1 fully saturated rings. The second-order valence-corrected chi connectivity index (χ2v) is 10.4. The molecule has 5 rings (SSSR count). The van der Waals surface area contributed by atoms with Crippen molar-refractivity contribution in [1.29, 1.82) is 0 Å². The number of esters is 1. The van der Waals surface area contributed by atoms with Gasteiger partial charge in [-0.25, -0.2) is 9.79 Å². The van der Waals surface area contributed by atoms with Crippen molar-refractivity contribution in [2.75, 3.05) is 44.7 Å². The number of ether oxygens (including phenoxy) is 1. The average Bonchev–Trinajstić information content (AvgIpc) is 3.44. The standard InChI is InChI=1S/C26H27ClN4O4S/c1-4-34-25(33)22-16(2)28-26-31(23(22)17-5-7-18(27)8-6-17)24(32)20(36-26)15-19-9-10-21(35-19)30-13-11-29(3)12-14-30/h5-10,15,23H,4,11-14H2,1-3H3/p+1/b20-15+/t23-/m0/s1. The molecule has 1 atom stereocenters. The van der Waals surface area contributed by atoms with Gasteiger partial charge in [-0.1, -0.05) is 35.1 Å². The van der Waals surface area contributed by atoms with Crippen LogP contribution >= 0.6 is 22.9 Å². The zero-order chi connectivity index (χ0) is 25.4. The Morgan fingerprint density at radius 2 is 1.97 bits per heavy atom. The van der Waals surface area contributed by atoms with Gasteiger partial charge < -0.3 is 19.0 Å². The largest absolute Gasteiger partial charge is 0.463 e. The minimum absolute atomic E-state index is 0.225. The number of aromatic nitrogens is 1. The maximum Gasteiger partial charge on any atom is 0.338 e. The van der Waals surface area contributed by atoms with Crippen molar-refractivity contribution in [3.63, 3.8) is 0 Å². The number of quaternary nitrogens is 1. The molecule has 3 aromatic rings. The Morgan fingerprint density at radius 3 is 2.67 bits per heavy atom. The lowest BCUT2D eigenvalue weighted by Gasteiger charge is -2.29. The van der Waals surface area contributed by atoms with Crippen LogP contribution in [0.15, 0.2) is 61.9 Å². The van der Waals surface area contributed by atoms with Crippen molar-refractivity contribution in [1.82, 2.24) is 4.57 Å². The average molecular weight is 528 g/mol. The van der Waals surface area contributed by atoms with E-state index in [1.807, 2.05) is 24.3 Å². The zero-order valence-electron chi connectivity index (χ0n) is 20.4. The first-order valence-corrected chi connectivity index (χ1v) is 13.2. The van der Waals surface area contributed by atoms with Gasteiger partial charge >= 0.3 is 5.97 Å². The van der Waals surface area contributed by atoms with Crippen molar-refractivity contribution < 1.29 is 18.8 Å². The second-order valence-electron chi connectivity index (χ2n) is 8.97. The number of piperazine rings is 1. The van der Waals surface area contributed by atoms with Gasteiger partial charge in [0.2, 0.25) is 0 Å². The Labute approximate surface area is 217 Å². The maximum absolute atomic E-state index is 13.7. The van der Waals surface area contributed by atoms with Crippen molar-refractivity contribution >= 4 is 40.9 Å². The first-order chi connectivity index (χ1) is 17.4. The van der Waals surface area contributed by atoms with Crippen molar-refractivity contribution in [3.8, 4) is 0 Å². The van der Waals surface area contributed by atoms with Crippen molar-refractivity contribution in [3.05, 3.63) is 83.7 Å². The van der Waals surface area contributed by atoms with E-state index in [9.17, 15) is 9.59 Å². The van der Waals surface area contributed by atoms with E-state index in [-0.39, 0.29) is 12.2 Å². The number of fused-ring (bicyclic) bond motifs is 1. The van der Waals surface area contributed by atoms with E-state index in [2.05, 4.69) is 16.9 Å². The number of hydrogen-bond acceptors (Lipinski definition) is 7. The molecular weight excluding hydrogens is 500 g/mol. The van der Waals surface area contributed by atoms with E-state index in [4.69, 9.17) is 20.8 Å². The molecule has 0 unspecified atom stereocenters. The van der Waals surface area contributed by atoms with Gasteiger partial charge in [-0.2, -0.15) is 0 Å². The highest BCUT2D eigenvalue weighted by Gasteiger charge is 2.33. The van der Waals surface area contributed by atoms with Gasteiger partial charge in [0.15, 0.2) is 10.7 Å². The van der Waals surface area contributed by atoms with Crippen LogP contribution in [0.25, 0.3) is 6.08 Å². The maximum atomic E-state index is 13.7. The van der Waals surface area contributed by atoms with Gasteiger partial charge in [-0.05, 0) is 37.6 Å². The molecule has 10 heteroatoms. The smallest absolute Gasteiger partial charge is 0.338 e. The molecule has 0 bridgehead atoms. The van der Waals surface area contributed by atoms with Crippen LogP contribution in [0, 0.1) is 0 Å². The molecule has 1 saturated heterocycles. The third-order valence-electron chi connectivity index (χ3n) is 6.52. The Balaban J connectivity index is 1.58. The molecule has 188 valence electrons. The van der Waals surface area contributed by atoms with E-state index in [0.29, 0.717) is 31.4 Å². The third-order valence-corrected chi connectivity index (χ3v) is 7.75. The molecular formula is C26H28ClN4O4S+. The van der Waals surface area contributed by atoms with Crippen LogP contribution < -0.4 is 24.7 Å². The molecule has 0 spiro atoms. The number of nitrogens with one attached hydrogen (secondary N) is 1. The molecule has 2 aliphatic heterocycles. The predicted molar refractivity (Wildman–Crippen MR) is 139 cm³/mol. The van der Waals surface area contributed by atoms with Gasteiger partial charge in [-0.3, -0.25) is 9.36 Å². The van der Waals surface area contributed by atoms with E-state index in [1.54, 1.807) is 36.6 Å². The molecule has 4 heterocycles. The van der Waals surface area contributed by atoms with Crippen molar-refractivity contribution in [2.24, 2.45) is 4.99 Å². The fourth-order valence-corrected chi connectivity index (χ4v) is 5.73. The number of carbonyl (C=O) groups is 1. The van der Waals surface area contributed by atoms with Gasteiger partial charge in [-0.15, -0.1) is 0 Å². The minimum Gasteiger partial charge on any atom is -0.463 e. The van der Waals surface area contributed by atoms with Gasteiger partial charge in [0.25, 0.3) is 5.56 Å². The lowest BCUT2D eigenvalue weighted by molar-refractivity contribution is -0.880. The Bertz CT molecular complexity index is 1490. The normalized spacial score (nSPS) is 18.8. The summed E-state index contributed by atoms with van der Waals surface area (Å²) in [5, 5.41) is 0.569. The fraction of sp³-hybridized carbons (Fsp3) is 0.346. The lowest BCUT2D eigenvalue weighted by Crippen LogP contribution is -3.12. The second kappa shape index (κ2) is 10.1. The van der Waals surface area contributed by atoms with Crippen LogP contribution in [0.3, 0.4) is 0 Å². The number of allylic oxidation sites excluding steroid dienone is 1. The summed E-state index contributed by atoms with van der Waals surface area (Å²) in [6.07, 6.45) is 1.75. The predicted octanol–water partition coefficient (Wildman–Crippen LogP) is 1.38. The van der Waals surface area contributed by atoms with Crippen molar-refractivity contribution in [2.45, 2.75) is 19.9 Å².